The van der Waals surface area contributed by atoms with Crippen molar-refractivity contribution in [3.8, 4) is 0 Å². The van der Waals surface area contributed by atoms with Gasteiger partial charge in [-0.1, -0.05) is 13.8 Å². The summed E-state index contributed by atoms with van der Waals surface area (Å²) in [6, 6.07) is 2.22. The molecule has 0 unspecified atom stereocenters. The van der Waals surface area contributed by atoms with Gasteiger partial charge >= 0.3 is 0 Å². The van der Waals surface area contributed by atoms with Crippen molar-refractivity contribution < 1.29 is 5.11 Å². The Labute approximate surface area is 115 Å². The standard InChI is InChI=1S/C15H25N3O/c1-10(2)14(9-19)18-15-12(8-16)7-11-5-3-4-6-13(11)17-15/h7,10,14,19H,3-6,8-9,16H2,1-2H3,(H,17,18)/t14-/m1/s1. The second-order valence-corrected chi connectivity index (χ2v) is 5.69. The van der Waals surface area contributed by atoms with Crippen LogP contribution in [0.4, 0.5) is 5.82 Å². The van der Waals surface area contributed by atoms with Crippen molar-refractivity contribution in [2.24, 2.45) is 11.7 Å². The summed E-state index contributed by atoms with van der Waals surface area (Å²) < 4.78 is 0. The van der Waals surface area contributed by atoms with Gasteiger partial charge in [0.25, 0.3) is 0 Å². The predicted molar refractivity (Wildman–Crippen MR) is 78.1 cm³/mol. The lowest BCUT2D eigenvalue weighted by Crippen LogP contribution is -2.31. The lowest BCUT2D eigenvalue weighted by Gasteiger charge is -2.24. The average Bonchev–Trinajstić information content (AvgIpc) is 2.43. The SMILES string of the molecule is CC(C)[C@@H](CO)Nc1nc2c(cc1CN)CCCC2. The number of rotatable bonds is 5. The quantitative estimate of drug-likeness (QED) is 0.758. The smallest absolute Gasteiger partial charge is 0.131 e. The number of hydrogen-bond donors (Lipinski definition) is 3. The fraction of sp³-hybridized carbons (Fsp3) is 0.667. The molecular formula is C15H25N3O. The molecule has 0 saturated carbocycles. The highest BCUT2D eigenvalue weighted by atomic mass is 16.3. The maximum atomic E-state index is 9.44. The third-order valence-electron chi connectivity index (χ3n) is 3.92. The molecule has 19 heavy (non-hydrogen) atoms. The van der Waals surface area contributed by atoms with Gasteiger partial charge in [0.1, 0.15) is 5.82 Å². The number of nitrogens with two attached hydrogens (primary N) is 1. The topological polar surface area (TPSA) is 71.2 Å². The van der Waals surface area contributed by atoms with Crippen LogP contribution in [0.2, 0.25) is 0 Å². The molecular weight excluding hydrogens is 238 g/mol. The fourth-order valence-electron chi connectivity index (χ4n) is 2.56. The Balaban J connectivity index is 2.28. The molecule has 1 heterocycles. The Morgan fingerprint density at radius 3 is 2.74 bits per heavy atom. The zero-order valence-electron chi connectivity index (χ0n) is 11.9. The Hall–Kier alpha value is -1.13. The monoisotopic (exact) mass is 263 g/mol. The summed E-state index contributed by atoms with van der Waals surface area (Å²) in [6.45, 7) is 4.78. The van der Waals surface area contributed by atoms with Gasteiger partial charge in [-0.3, -0.25) is 0 Å². The van der Waals surface area contributed by atoms with Crippen molar-refractivity contribution in [1.29, 1.82) is 0 Å². The van der Waals surface area contributed by atoms with E-state index < -0.39 is 0 Å². The van der Waals surface area contributed by atoms with Gasteiger partial charge in [-0.2, -0.15) is 0 Å². The van der Waals surface area contributed by atoms with Gasteiger partial charge in [0.2, 0.25) is 0 Å². The molecule has 1 aliphatic rings. The molecule has 4 N–H and O–H groups in total. The van der Waals surface area contributed by atoms with Gasteiger partial charge in [0, 0.05) is 17.8 Å². The molecule has 1 aromatic rings. The van der Waals surface area contributed by atoms with Crippen LogP contribution in [0.5, 0.6) is 0 Å². The molecule has 0 aromatic carbocycles. The number of pyridine rings is 1. The second kappa shape index (κ2) is 6.35. The first-order chi connectivity index (χ1) is 9.15. The number of nitrogens with zero attached hydrogens (tertiary/aromatic N) is 1. The van der Waals surface area contributed by atoms with Crippen LogP contribution in [-0.2, 0) is 19.4 Å². The van der Waals surface area contributed by atoms with E-state index in [-0.39, 0.29) is 12.6 Å². The highest BCUT2D eigenvalue weighted by molar-refractivity contribution is 5.49. The van der Waals surface area contributed by atoms with Gasteiger partial charge in [-0.15, -0.1) is 0 Å². The maximum Gasteiger partial charge on any atom is 0.131 e. The minimum Gasteiger partial charge on any atom is -0.394 e. The van der Waals surface area contributed by atoms with Crippen LogP contribution in [0.25, 0.3) is 0 Å². The summed E-state index contributed by atoms with van der Waals surface area (Å²) in [6.07, 6.45) is 4.63. The highest BCUT2D eigenvalue weighted by Crippen LogP contribution is 2.25. The molecule has 0 radical (unpaired) electrons. The molecule has 1 aromatic heterocycles. The van der Waals surface area contributed by atoms with E-state index in [2.05, 4.69) is 25.2 Å². The lowest BCUT2D eigenvalue weighted by atomic mass is 9.94. The van der Waals surface area contributed by atoms with Crippen molar-refractivity contribution in [3.05, 3.63) is 22.9 Å². The molecule has 0 fully saturated rings. The molecule has 106 valence electrons. The third kappa shape index (κ3) is 3.25. The van der Waals surface area contributed by atoms with Crippen molar-refractivity contribution >= 4 is 5.82 Å². The molecule has 2 rings (SSSR count). The number of aromatic nitrogens is 1. The van der Waals surface area contributed by atoms with E-state index >= 15 is 0 Å². The molecule has 0 bridgehead atoms. The first-order valence-electron chi connectivity index (χ1n) is 7.24. The number of fused-ring (bicyclic) bond motifs is 1. The van der Waals surface area contributed by atoms with E-state index in [0.717, 1.165) is 24.2 Å². The lowest BCUT2D eigenvalue weighted by molar-refractivity contribution is 0.249. The zero-order chi connectivity index (χ0) is 13.8. The van der Waals surface area contributed by atoms with E-state index in [1.165, 1.54) is 24.1 Å². The Kier molecular flexibility index (Phi) is 4.77. The van der Waals surface area contributed by atoms with E-state index in [9.17, 15) is 5.11 Å². The normalized spacial score (nSPS) is 16.3. The Morgan fingerprint density at radius 2 is 2.11 bits per heavy atom. The first-order valence-corrected chi connectivity index (χ1v) is 7.24. The minimum absolute atomic E-state index is 0.0273. The van der Waals surface area contributed by atoms with Crippen LogP contribution in [0.15, 0.2) is 6.07 Å². The number of aliphatic hydroxyl groups is 1. The summed E-state index contributed by atoms with van der Waals surface area (Å²) in [7, 11) is 0. The summed E-state index contributed by atoms with van der Waals surface area (Å²) >= 11 is 0. The second-order valence-electron chi connectivity index (χ2n) is 5.69. The molecule has 4 heteroatoms. The largest absolute Gasteiger partial charge is 0.394 e. The summed E-state index contributed by atoms with van der Waals surface area (Å²) in [5.74, 6) is 1.21. The number of anilines is 1. The van der Waals surface area contributed by atoms with E-state index in [4.69, 9.17) is 10.7 Å². The Morgan fingerprint density at radius 1 is 1.37 bits per heavy atom. The maximum absolute atomic E-state index is 9.44. The average molecular weight is 263 g/mol. The molecule has 0 saturated heterocycles. The van der Waals surface area contributed by atoms with E-state index in [1.807, 2.05) is 0 Å². The fourth-order valence-corrected chi connectivity index (χ4v) is 2.56. The summed E-state index contributed by atoms with van der Waals surface area (Å²) in [4.78, 5) is 4.75. The highest BCUT2D eigenvalue weighted by Gasteiger charge is 2.18. The zero-order valence-corrected chi connectivity index (χ0v) is 11.9. The minimum atomic E-state index is 0.0273. The molecule has 0 amide bonds. The molecule has 1 atom stereocenters. The van der Waals surface area contributed by atoms with E-state index in [1.54, 1.807) is 0 Å². The molecule has 4 nitrogen and oxygen atoms in total. The van der Waals surface area contributed by atoms with Crippen LogP contribution in [0.1, 0.15) is 43.5 Å². The van der Waals surface area contributed by atoms with Crippen LogP contribution in [0.3, 0.4) is 0 Å². The van der Waals surface area contributed by atoms with Crippen molar-refractivity contribution in [1.82, 2.24) is 4.98 Å². The van der Waals surface area contributed by atoms with Crippen molar-refractivity contribution in [3.63, 3.8) is 0 Å². The van der Waals surface area contributed by atoms with Gasteiger partial charge in [0.05, 0.1) is 12.6 Å². The van der Waals surface area contributed by atoms with Gasteiger partial charge in [0.15, 0.2) is 0 Å². The third-order valence-corrected chi connectivity index (χ3v) is 3.92. The van der Waals surface area contributed by atoms with E-state index in [0.29, 0.717) is 12.5 Å². The number of hydrogen-bond acceptors (Lipinski definition) is 4. The number of aryl methyl sites for hydroxylation is 2. The van der Waals surface area contributed by atoms with Crippen LogP contribution < -0.4 is 11.1 Å². The first kappa shape index (κ1) is 14.3. The van der Waals surface area contributed by atoms with Gasteiger partial charge < -0.3 is 16.2 Å². The number of nitrogens with one attached hydrogen (secondary N) is 1. The predicted octanol–water partition coefficient (Wildman–Crippen LogP) is 1.85. The van der Waals surface area contributed by atoms with Gasteiger partial charge in [-0.05, 0) is 43.2 Å². The van der Waals surface area contributed by atoms with Crippen LogP contribution >= 0.6 is 0 Å². The summed E-state index contributed by atoms with van der Waals surface area (Å²) in [5.41, 5.74) is 9.44. The van der Waals surface area contributed by atoms with Crippen LogP contribution in [0, 0.1) is 5.92 Å². The summed E-state index contributed by atoms with van der Waals surface area (Å²) in [5, 5.41) is 12.8. The Bertz CT molecular complexity index is 432. The van der Waals surface area contributed by atoms with Gasteiger partial charge in [-0.25, -0.2) is 4.98 Å². The molecule has 0 aliphatic heterocycles. The number of aliphatic hydroxyl groups excluding tert-OH is 1. The van der Waals surface area contributed by atoms with Crippen molar-refractivity contribution in [2.75, 3.05) is 11.9 Å². The van der Waals surface area contributed by atoms with Crippen molar-refractivity contribution in [2.45, 2.75) is 52.1 Å². The van der Waals surface area contributed by atoms with Crippen LogP contribution in [-0.4, -0.2) is 22.7 Å². The molecule has 0 spiro atoms. The molecule has 1 aliphatic carbocycles.